The summed E-state index contributed by atoms with van der Waals surface area (Å²) in [6.45, 7) is 2.08. The lowest BCUT2D eigenvalue weighted by Crippen LogP contribution is -2.40. The SMILES string of the molecule is CO[C@@](C)(CN)CO. The number of methoxy groups -OCH3 is 1. The molecule has 0 bridgehead atoms. The topological polar surface area (TPSA) is 55.5 Å². The molecule has 0 aliphatic carbocycles. The molecule has 0 aromatic rings. The summed E-state index contributed by atoms with van der Waals surface area (Å²) in [5.41, 5.74) is 4.70. The maximum absolute atomic E-state index is 8.58. The zero-order chi connectivity index (χ0) is 6.62. The number of hydrogen-bond acceptors (Lipinski definition) is 3. The molecule has 0 saturated heterocycles. The van der Waals surface area contributed by atoms with Gasteiger partial charge in [0.2, 0.25) is 0 Å². The molecule has 3 nitrogen and oxygen atoms in total. The van der Waals surface area contributed by atoms with Crippen molar-refractivity contribution in [1.82, 2.24) is 0 Å². The van der Waals surface area contributed by atoms with Crippen molar-refractivity contribution in [2.24, 2.45) is 5.73 Å². The molecule has 0 spiro atoms. The van der Waals surface area contributed by atoms with Crippen molar-refractivity contribution < 1.29 is 9.84 Å². The molecule has 0 radical (unpaired) electrons. The summed E-state index contributed by atoms with van der Waals surface area (Å²) in [5.74, 6) is 0. The standard InChI is InChI=1S/C5H13NO2/c1-5(3-6,4-7)8-2/h7H,3-4,6H2,1-2H3/t5-/m0/s1. The Morgan fingerprint density at radius 3 is 2.25 bits per heavy atom. The van der Waals surface area contributed by atoms with Gasteiger partial charge in [-0.25, -0.2) is 0 Å². The minimum atomic E-state index is -0.542. The molecule has 1 atom stereocenters. The molecular formula is C5H13NO2. The van der Waals surface area contributed by atoms with Crippen molar-refractivity contribution >= 4 is 0 Å². The summed E-state index contributed by atoms with van der Waals surface area (Å²) in [7, 11) is 1.53. The minimum absolute atomic E-state index is 0.0278. The van der Waals surface area contributed by atoms with Crippen LogP contribution in [0, 0.1) is 0 Å². The Morgan fingerprint density at radius 1 is 1.75 bits per heavy atom. The highest BCUT2D eigenvalue weighted by Crippen LogP contribution is 2.03. The van der Waals surface area contributed by atoms with Gasteiger partial charge in [-0.1, -0.05) is 0 Å². The third-order valence-corrected chi connectivity index (χ3v) is 1.26. The lowest BCUT2D eigenvalue weighted by Gasteiger charge is -2.22. The van der Waals surface area contributed by atoms with Gasteiger partial charge in [-0.15, -0.1) is 0 Å². The van der Waals surface area contributed by atoms with E-state index in [1.807, 2.05) is 0 Å². The number of ether oxygens (including phenoxy) is 1. The fraction of sp³-hybridized carbons (Fsp3) is 1.00. The molecule has 0 amide bonds. The van der Waals surface area contributed by atoms with E-state index in [1.165, 1.54) is 7.11 Å². The van der Waals surface area contributed by atoms with Crippen molar-refractivity contribution in [3.63, 3.8) is 0 Å². The Balaban J connectivity index is 3.58. The Hall–Kier alpha value is -0.120. The van der Waals surface area contributed by atoms with Crippen LogP contribution in [0.4, 0.5) is 0 Å². The largest absolute Gasteiger partial charge is 0.393 e. The molecule has 0 unspecified atom stereocenters. The van der Waals surface area contributed by atoms with Gasteiger partial charge in [-0.2, -0.15) is 0 Å². The summed E-state index contributed by atoms with van der Waals surface area (Å²) in [6, 6.07) is 0. The predicted octanol–water partition coefficient (Wildman–Crippen LogP) is -0.658. The van der Waals surface area contributed by atoms with Gasteiger partial charge in [0, 0.05) is 13.7 Å². The summed E-state index contributed by atoms with van der Waals surface area (Å²) >= 11 is 0. The van der Waals surface area contributed by atoms with Crippen LogP contribution in [0.25, 0.3) is 0 Å². The van der Waals surface area contributed by atoms with Crippen molar-refractivity contribution in [3.05, 3.63) is 0 Å². The van der Waals surface area contributed by atoms with Gasteiger partial charge in [0.05, 0.1) is 6.61 Å². The first-order chi connectivity index (χ1) is 3.68. The Kier molecular flexibility index (Phi) is 2.97. The monoisotopic (exact) mass is 119 g/mol. The highest BCUT2D eigenvalue weighted by atomic mass is 16.5. The van der Waals surface area contributed by atoms with E-state index in [0.29, 0.717) is 6.54 Å². The van der Waals surface area contributed by atoms with Crippen molar-refractivity contribution in [2.45, 2.75) is 12.5 Å². The first-order valence-electron chi connectivity index (χ1n) is 2.54. The molecule has 50 valence electrons. The molecular weight excluding hydrogens is 106 g/mol. The van der Waals surface area contributed by atoms with E-state index in [-0.39, 0.29) is 6.61 Å². The Bertz CT molecular complexity index is 53.2. The Morgan fingerprint density at radius 2 is 2.25 bits per heavy atom. The van der Waals surface area contributed by atoms with Crippen molar-refractivity contribution in [1.29, 1.82) is 0 Å². The molecule has 8 heavy (non-hydrogen) atoms. The van der Waals surface area contributed by atoms with Gasteiger partial charge in [0.25, 0.3) is 0 Å². The maximum atomic E-state index is 8.58. The highest BCUT2D eigenvalue weighted by Gasteiger charge is 2.18. The lowest BCUT2D eigenvalue weighted by molar-refractivity contribution is -0.0300. The first-order valence-corrected chi connectivity index (χ1v) is 2.54. The second-order valence-electron chi connectivity index (χ2n) is 2.02. The average Bonchev–Trinajstić information content (AvgIpc) is 1.87. The molecule has 3 N–H and O–H groups in total. The molecule has 0 fully saturated rings. The van der Waals surface area contributed by atoms with E-state index in [9.17, 15) is 0 Å². The molecule has 3 heteroatoms. The third-order valence-electron chi connectivity index (χ3n) is 1.26. The number of aliphatic hydroxyl groups excluding tert-OH is 1. The molecule has 0 heterocycles. The molecule has 0 rings (SSSR count). The Labute approximate surface area is 49.4 Å². The number of hydrogen-bond donors (Lipinski definition) is 2. The van der Waals surface area contributed by atoms with E-state index in [2.05, 4.69) is 0 Å². The van der Waals surface area contributed by atoms with Crippen LogP contribution < -0.4 is 5.73 Å². The second kappa shape index (κ2) is 3.02. The van der Waals surface area contributed by atoms with Crippen LogP contribution in [-0.2, 0) is 4.74 Å². The van der Waals surface area contributed by atoms with Gasteiger partial charge in [0.1, 0.15) is 5.60 Å². The third kappa shape index (κ3) is 1.78. The number of nitrogens with two attached hydrogens (primary N) is 1. The summed E-state index contributed by atoms with van der Waals surface area (Å²) in [5, 5.41) is 8.58. The van der Waals surface area contributed by atoms with E-state index >= 15 is 0 Å². The summed E-state index contributed by atoms with van der Waals surface area (Å²) < 4.78 is 4.86. The quantitative estimate of drug-likeness (QED) is 0.518. The van der Waals surface area contributed by atoms with Gasteiger partial charge in [0.15, 0.2) is 0 Å². The van der Waals surface area contributed by atoms with E-state index in [0.717, 1.165) is 0 Å². The molecule has 0 aromatic heterocycles. The number of rotatable bonds is 3. The minimum Gasteiger partial charge on any atom is -0.393 e. The fourth-order valence-electron chi connectivity index (χ4n) is 0.212. The first kappa shape index (κ1) is 7.88. The molecule has 0 aliphatic heterocycles. The van der Waals surface area contributed by atoms with Crippen LogP contribution >= 0.6 is 0 Å². The van der Waals surface area contributed by atoms with Gasteiger partial charge in [-0.3, -0.25) is 0 Å². The van der Waals surface area contributed by atoms with Crippen LogP contribution in [0.2, 0.25) is 0 Å². The summed E-state index contributed by atoms with van der Waals surface area (Å²) in [6.07, 6.45) is 0. The zero-order valence-corrected chi connectivity index (χ0v) is 5.35. The second-order valence-corrected chi connectivity index (χ2v) is 2.02. The summed E-state index contributed by atoms with van der Waals surface area (Å²) in [4.78, 5) is 0. The lowest BCUT2D eigenvalue weighted by atomic mass is 10.1. The fourth-order valence-corrected chi connectivity index (χ4v) is 0.212. The molecule has 0 saturated carbocycles. The maximum Gasteiger partial charge on any atom is 0.100 e. The van der Waals surface area contributed by atoms with E-state index in [4.69, 9.17) is 15.6 Å². The molecule has 0 aromatic carbocycles. The van der Waals surface area contributed by atoms with Crippen LogP contribution in [0.3, 0.4) is 0 Å². The number of aliphatic hydroxyl groups is 1. The van der Waals surface area contributed by atoms with Gasteiger partial charge < -0.3 is 15.6 Å². The van der Waals surface area contributed by atoms with Crippen LogP contribution in [-0.4, -0.2) is 31.0 Å². The van der Waals surface area contributed by atoms with E-state index < -0.39 is 5.60 Å². The highest BCUT2D eigenvalue weighted by molar-refractivity contribution is 4.73. The van der Waals surface area contributed by atoms with Gasteiger partial charge >= 0.3 is 0 Å². The molecule has 0 aliphatic rings. The predicted molar refractivity (Wildman–Crippen MR) is 31.6 cm³/mol. The van der Waals surface area contributed by atoms with Gasteiger partial charge in [-0.05, 0) is 6.92 Å². The van der Waals surface area contributed by atoms with Crippen LogP contribution in [0.1, 0.15) is 6.92 Å². The average molecular weight is 119 g/mol. The smallest absolute Gasteiger partial charge is 0.100 e. The van der Waals surface area contributed by atoms with Crippen molar-refractivity contribution in [3.8, 4) is 0 Å². The van der Waals surface area contributed by atoms with Crippen LogP contribution in [0.15, 0.2) is 0 Å². The zero-order valence-electron chi connectivity index (χ0n) is 5.35. The van der Waals surface area contributed by atoms with E-state index in [1.54, 1.807) is 6.92 Å². The normalized spacial score (nSPS) is 18.0. The van der Waals surface area contributed by atoms with Crippen molar-refractivity contribution in [2.75, 3.05) is 20.3 Å². The van der Waals surface area contributed by atoms with Crippen LogP contribution in [0.5, 0.6) is 0 Å².